The molecule has 1 N–H and O–H groups in total. The molecule has 0 bridgehead atoms. The van der Waals surface area contributed by atoms with Crippen molar-refractivity contribution in [2.24, 2.45) is 0 Å². The van der Waals surface area contributed by atoms with Crippen LogP contribution in [0.3, 0.4) is 0 Å². The standard InChI is InChI=1S/C11H19N3S/c1-4-6-12-11-13-9(3)8-10(14-11)15-7-5-2/h8H,4-7H2,1-3H3,(H,12,13,14). The molecule has 1 aromatic heterocycles. The monoisotopic (exact) mass is 225 g/mol. The molecule has 0 atom stereocenters. The average Bonchev–Trinajstić information content (AvgIpc) is 2.23. The number of anilines is 1. The predicted molar refractivity (Wildman–Crippen MR) is 66.6 cm³/mol. The Labute approximate surface area is 96.1 Å². The third-order valence-corrected chi connectivity index (χ3v) is 2.94. The largest absolute Gasteiger partial charge is 0.354 e. The summed E-state index contributed by atoms with van der Waals surface area (Å²) in [6, 6.07) is 2.04. The SMILES string of the molecule is CCCNc1nc(C)cc(SCCC)n1. The number of nitrogens with one attached hydrogen (secondary N) is 1. The van der Waals surface area contributed by atoms with E-state index < -0.39 is 0 Å². The van der Waals surface area contributed by atoms with Gasteiger partial charge in [-0.2, -0.15) is 0 Å². The summed E-state index contributed by atoms with van der Waals surface area (Å²) >= 11 is 1.79. The highest BCUT2D eigenvalue weighted by Gasteiger charge is 2.01. The molecule has 0 aliphatic heterocycles. The topological polar surface area (TPSA) is 37.8 Å². The molecule has 1 rings (SSSR count). The van der Waals surface area contributed by atoms with Crippen molar-refractivity contribution in [1.82, 2.24) is 9.97 Å². The lowest BCUT2D eigenvalue weighted by Gasteiger charge is -2.06. The molecule has 0 saturated carbocycles. The maximum absolute atomic E-state index is 4.45. The van der Waals surface area contributed by atoms with E-state index in [1.165, 1.54) is 6.42 Å². The quantitative estimate of drug-likeness (QED) is 0.596. The van der Waals surface area contributed by atoms with Crippen molar-refractivity contribution in [2.75, 3.05) is 17.6 Å². The fourth-order valence-corrected chi connectivity index (χ4v) is 1.95. The Balaban J connectivity index is 2.66. The maximum Gasteiger partial charge on any atom is 0.223 e. The van der Waals surface area contributed by atoms with E-state index >= 15 is 0 Å². The highest BCUT2D eigenvalue weighted by molar-refractivity contribution is 7.99. The zero-order chi connectivity index (χ0) is 11.1. The predicted octanol–water partition coefficient (Wildman–Crippen LogP) is 3.11. The van der Waals surface area contributed by atoms with E-state index in [-0.39, 0.29) is 0 Å². The molecule has 0 aliphatic carbocycles. The van der Waals surface area contributed by atoms with Crippen molar-refractivity contribution in [3.8, 4) is 0 Å². The zero-order valence-corrected chi connectivity index (χ0v) is 10.5. The number of rotatable bonds is 6. The van der Waals surface area contributed by atoms with Gasteiger partial charge in [-0.3, -0.25) is 0 Å². The fraction of sp³-hybridized carbons (Fsp3) is 0.636. The van der Waals surface area contributed by atoms with E-state index in [9.17, 15) is 0 Å². The molecule has 0 aliphatic rings. The first-order chi connectivity index (χ1) is 7.26. The van der Waals surface area contributed by atoms with E-state index in [2.05, 4.69) is 29.1 Å². The summed E-state index contributed by atoms with van der Waals surface area (Å²) in [6.45, 7) is 7.25. The molecule has 0 saturated heterocycles. The Kier molecular flexibility index (Phi) is 5.47. The highest BCUT2D eigenvalue weighted by atomic mass is 32.2. The summed E-state index contributed by atoms with van der Waals surface area (Å²) < 4.78 is 0. The van der Waals surface area contributed by atoms with Gasteiger partial charge in [-0.05, 0) is 31.6 Å². The molecule has 1 aromatic rings. The van der Waals surface area contributed by atoms with E-state index in [1.807, 2.05) is 13.0 Å². The van der Waals surface area contributed by atoms with Crippen molar-refractivity contribution in [3.63, 3.8) is 0 Å². The second-order valence-electron chi connectivity index (χ2n) is 3.45. The van der Waals surface area contributed by atoms with Gasteiger partial charge in [-0.25, -0.2) is 9.97 Å². The molecule has 4 heteroatoms. The van der Waals surface area contributed by atoms with Crippen LogP contribution in [-0.2, 0) is 0 Å². The van der Waals surface area contributed by atoms with Crippen LogP contribution in [0.15, 0.2) is 11.1 Å². The molecule has 1 heterocycles. The lowest BCUT2D eigenvalue weighted by atomic mass is 10.4. The number of aryl methyl sites for hydroxylation is 1. The van der Waals surface area contributed by atoms with E-state index in [0.717, 1.165) is 35.4 Å². The average molecular weight is 225 g/mol. The first-order valence-electron chi connectivity index (χ1n) is 5.48. The minimum absolute atomic E-state index is 0.760. The normalized spacial score (nSPS) is 10.3. The minimum atomic E-state index is 0.760. The molecule has 15 heavy (non-hydrogen) atoms. The summed E-state index contributed by atoms with van der Waals surface area (Å²) in [5, 5.41) is 4.29. The van der Waals surface area contributed by atoms with Crippen LogP contribution in [0.2, 0.25) is 0 Å². The molecule has 84 valence electrons. The van der Waals surface area contributed by atoms with E-state index in [1.54, 1.807) is 11.8 Å². The minimum Gasteiger partial charge on any atom is -0.354 e. The molecular weight excluding hydrogens is 206 g/mol. The van der Waals surface area contributed by atoms with Crippen LogP contribution < -0.4 is 5.32 Å². The Morgan fingerprint density at radius 3 is 2.73 bits per heavy atom. The van der Waals surface area contributed by atoms with Crippen LogP contribution in [0, 0.1) is 6.92 Å². The Morgan fingerprint density at radius 1 is 1.27 bits per heavy atom. The van der Waals surface area contributed by atoms with Gasteiger partial charge in [0.1, 0.15) is 5.03 Å². The van der Waals surface area contributed by atoms with Crippen molar-refractivity contribution in [1.29, 1.82) is 0 Å². The first-order valence-corrected chi connectivity index (χ1v) is 6.47. The summed E-state index contributed by atoms with van der Waals surface area (Å²) in [4.78, 5) is 8.79. The fourth-order valence-electron chi connectivity index (χ4n) is 1.14. The smallest absolute Gasteiger partial charge is 0.223 e. The number of aromatic nitrogens is 2. The van der Waals surface area contributed by atoms with Gasteiger partial charge in [0.2, 0.25) is 5.95 Å². The van der Waals surface area contributed by atoms with Crippen molar-refractivity contribution in [2.45, 2.75) is 38.6 Å². The number of thioether (sulfide) groups is 1. The summed E-state index contributed by atoms with van der Waals surface area (Å²) in [5.41, 5.74) is 1.03. The highest BCUT2D eigenvalue weighted by Crippen LogP contribution is 2.18. The second kappa shape index (κ2) is 6.67. The number of hydrogen-bond acceptors (Lipinski definition) is 4. The van der Waals surface area contributed by atoms with Gasteiger partial charge < -0.3 is 5.32 Å². The second-order valence-corrected chi connectivity index (χ2v) is 4.56. The Hall–Kier alpha value is -0.770. The molecule has 0 spiro atoms. The number of nitrogens with zero attached hydrogens (tertiary/aromatic N) is 2. The summed E-state index contributed by atoms with van der Waals surface area (Å²) in [6.07, 6.45) is 2.26. The summed E-state index contributed by atoms with van der Waals surface area (Å²) in [5.74, 6) is 1.87. The molecule has 0 aromatic carbocycles. The first kappa shape index (κ1) is 12.3. The van der Waals surface area contributed by atoms with E-state index in [0.29, 0.717) is 0 Å². The number of hydrogen-bond donors (Lipinski definition) is 1. The molecule has 0 fully saturated rings. The van der Waals surface area contributed by atoms with Gasteiger partial charge in [0.15, 0.2) is 0 Å². The van der Waals surface area contributed by atoms with Crippen LogP contribution in [-0.4, -0.2) is 22.3 Å². The third kappa shape index (κ3) is 4.51. The summed E-state index contributed by atoms with van der Waals surface area (Å²) in [7, 11) is 0. The van der Waals surface area contributed by atoms with Gasteiger partial charge in [0.25, 0.3) is 0 Å². The van der Waals surface area contributed by atoms with Crippen LogP contribution in [0.25, 0.3) is 0 Å². The third-order valence-electron chi connectivity index (χ3n) is 1.82. The lowest BCUT2D eigenvalue weighted by molar-refractivity contribution is 0.924. The maximum atomic E-state index is 4.45. The zero-order valence-electron chi connectivity index (χ0n) is 9.71. The molecule has 0 unspecified atom stereocenters. The van der Waals surface area contributed by atoms with Crippen LogP contribution in [0.5, 0.6) is 0 Å². The van der Waals surface area contributed by atoms with Gasteiger partial charge in [-0.1, -0.05) is 13.8 Å². The van der Waals surface area contributed by atoms with Gasteiger partial charge in [0, 0.05) is 12.2 Å². The molecule has 0 radical (unpaired) electrons. The van der Waals surface area contributed by atoms with Crippen molar-refractivity contribution < 1.29 is 0 Å². The van der Waals surface area contributed by atoms with Gasteiger partial charge in [-0.15, -0.1) is 11.8 Å². The van der Waals surface area contributed by atoms with Crippen LogP contribution >= 0.6 is 11.8 Å². The van der Waals surface area contributed by atoms with Gasteiger partial charge >= 0.3 is 0 Å². The van der Waals surface area contributed by atoms with Gasteiger partial charge in [0.05, 0.1) is 0 Å². The van der Waals surface area contributed by atoms with Crippen LogP contribution in [0.1, 0.15) is 32.4 Å². The van der Waals surface area contributed by atoms with Crippen molar-refractivity contribution >= 4 is 17.7 Å². The molecule has 3 nitrogen and oxygen atoms in total. The Bertz CT molecular complexity index is 276. The van der Waals surface area contributed by atoms with Crippen LogP contribution in [0.4, 0.5) is 5.95 Å². The molecule has 0 amide bonds. The van der Waals surface area contributed by atoms with E-state index in [4.69, 9.17) is 0 Å². The molecular formula is C11H19N3S. The van der Waals surface area contributed by atoms with Crippen molar-refractivity contribution in [3.05, 3.63) is 11.8 Å². The lowest BCUT2D eigenvalue weighted by Crippen LogP contribution is -2.05. The Morgan fingerprint density at radius 2 is 2.07 bits per heavy atom.